The van der Waals surface area contributed by atoms with Gasteiger partial charge in [-0.05, 0) is 18.6 Å². The quantitative estimate of drug-likeness (QED) is 0.745. The zero-order chi connectivity index (χ0) is 9.68. The number of H-pyrrole nitrogens is 1. The van der Waals surface area contributed by atoms with Crippen molar-refractivity contribution in [3.63, 3.8) is 0 Å². The van der Waals surface area contributed by atoms with E-state index in [1.807, 2.05) is 0 Å². The highest BCUT2D eigenvalue weighted by molar-refractivity contribution is 7.71. The van der Waals surface area contributed by atoms with Crippen LogP contribution in [0.4, 0.5) is 4.39 Å². The Morgan fingerprint density at radius 1 is 1.62 bits per heavy atom. The van der Waals surface area contributed by atoms with Crippen molar-refractivity contribution in [3.05, 3.63) is 10.6 Å². The van der Waals surface area contributed by atoms with Crippen LogP contribution in [0.15, 0.2) is 0 Å². The second-order valence-electron chi connectivity index (χ2n) is 2.89. The summed E-state index contributed by atoms with van der Waals surface area (Å²) < 4.78 is 14.4. The van der Waals surface area contributed by atoms with E-state index in [9.17, 15) is 4.39 Å². The second kappa shape index (κ2) is 5.11. The molecule has 0 aliphatic heterocycles. The maximum absolute atomic E-state index is 12.1. The number of aromatic amines is 1. The lowest BCUT2D eigenvalue weighted by atomic mass is 10.2. The SMILES string of the molecule is CCCCc1n[nH]c(=S)n1CCF. The summed E-state index contributed by atoms with van der Waals surface area (Å²) in [5.74, 6) is 0.865. The summed E-state index contributed by atoms with van der Waals surface area (Å²) in [6, 6.07) is 0. The minimum absolute atomic E-state index is 0.314. The molecule has 1 rings (SSSR count). The summed E-state index contributed by atoms with van der Waals surface area (Å²) in [4.78, 5) is 0. The molecule has 0 saturated heterocycles. The summed E-state index contributed by atoms with van der Waals surface area (Å²) in [6.45, 7) is 2.03. The smallest absolute Gasteiger partial charge is 0.195 e. The predicted octanol–water partition coefficient (Wildman–Crippen LogP) is 2.25. The molecule has 74 valence electrons. The third kappa shape index (κ3) is 2.62. The summed E-state index contributed by atoms with van der Waals surface area (Å²) in [5.41, 5.74) is 0. The van der Waals surface area contributed by atoms with Crippen LogP contribution in [-0.4, -0.2) is 21.4 Å². The maximum Gasteiger partial charge on any atom is 0.195 e. The van der Waals surface area contributed by atoms with Crippen LogP contribution in [0.5, 0.6) is 0 Å². The molecule has 1 aromatic heterocycles. The van der Waals surface area contributed by atoms with Gasteiger partial charge in [-0.1, -0.05) is 13.3 Å². The van der Waals surface area contributed by atoms with Crippen LogP contribution < -0.4 is 0 Å². The monoisotopic (exact) mass is 203 g/mol. The molecule has 1 aromatic rings. The molecule has 0 aliphatic rings. The first kappa shape index (κ1) is 10.4. The van der Waals surface area contributed by atoms with Crippen LogP contribution in [0.1, 0.15) is 25.6 Å². The lowest BCUT2D eigenvalue weighted by Crippen LogP contribution is -2.05. The van der Waals surface area contributed by atoms with Gasteiger partial charge < -0.3 is 4.57 Å². The first-order valence-corrected chi connectivity index (χ1v) is 4.90. The highest BCUT2D eigenvalue weighted by Gasteiger charge is 2.04. The summed E-state index contributed by atoms with van der Waals surface area (Å²) in [5, 5.41) is 6.73. The average Bonchev–Trinajstić information content (AvgIpc) is 2.46. The van der Waals surface area contributed by atoms with Gasteiger partial charge in [0.2, 0.25) is 0 Å². The number of hydrogen-bond donors (Lipinski definition) is 1. The van der Waals surface area contributed by atoms with Crippen molar-refractivity contribution in [2.45, 2.75) is 32.7 Å². The van der Waals surface area contributed by atoms with Gasteiger partial charge in [0, 0.05) is 6.42 Å². The van der Waals surface area contributed by atoms with E-state index in [0.29, 0.717) is 11.3 Å². The van der Waals surface area contributed by atoms with Gasteiger partial charge in [0.05, 0.1) is 6.54 Å². The number of nitrogens with one attached hydrogen (secondary N) is 1. The standard InChI is InChI=1S/C8H14FN3S/c1-2-3-4-7-10-11-8(13)12(7)6-5-9/h2-6H2,1H3,(H,11,13). The van der Waals surface area contributed by atoms with Crippen molar-refractivity contribution in [3.8, 4) is 0 Å². The van der Waals surface area contributed by atoms with Gasteiger partial charge in [-0.15, -0.1) is 0 Å². The Morgan fingerprint density at radius 2 is 2.38 bits per heavy atom. The Labute approximate surface area is 82.0 Å². The molecular formula is C8H14FN3S. The fraction of sp³-hybridized carbons (Fsp3) is 0.750. The van der Waals surface area contributed by atoms with Crippen molar-refractivity contribution in [2.24, 2.45) is 0 Å². The third-order valence-electron chi connectivity index (χ3n) is 1.90. The molecule has 0 aliphatic carbocycles. The molecule has 1 heterocycles. The van der Waals surface area contributed by atoms with Crippen molar-refractivity contribution in [2.75, 3.05) is 6.67 Å². The van der Waals surface area contributed by atoms with E-state index in [4.69, 9.17) is 12.2 Å². The van der Waals surface area contributed by atoms with Gasteiger partial charge in [0.25, 0.3) is 0 Å². The van der Waals surface area contributed by atoms with Crippen LogP contribution in [-0.2, 0) is 13.0 Å². The van der Waals surface area contributed by atoms with E-state index in [2.05, 4.69) is 17.1 Å². The first-order valence-electron chi connectivity index (χ1n) is 4.49. The van der Waals surface area contributed by atoms with E-state index in [0.717, 1.165) is 25.1 Å². The van der Waals surface area contributed by atoms with E-state index < -0.39 is 6.67 Å². The van der Waals surface area contributed by atoms with Crippen LogP contribution in [0.3, 0.4) is 0 Å². The van der Waals surface area contributed by atoms with E-state index in [-0.39, 0.29) is 0 Å². The van der Waals surface area contributed by atoms with Crippen LogP contribution in [0.2, 0.25) is 0 Å². The van der Waals surface area contributed by atoms with Crippen molar-refractivity contribution in [1.82, 2.24) is 14.8 Å². The molecule has 0 atom stereocenters. The number of unbranched alkanes of at least 4 members (excludes halogenated alkanes) is 1. The molecule has 0 saturated carbocycles. The molecule has 0 aromatic carbocycles. The average molecular weight is 203 g/mol. The number of halogens is 1. The first-order chi connectivity index (χ1) is 6.29. The fourth-order valence-electron chi connectivity index (χ4n) is 1.19. The van der Waals surface area contributed by atoms with Gasteiger partial charge in [-0.2, -0.15) is 5.10 Å². The van der Waals surface area contributed by atoms with Crippen molar-refractivity contribution >= 4 is 12.2 Å². The largest absolute Gasteiger partial charge is 0.302 e. The highest BCUT2D eigenvalue weighted by atomic mass is 32.1. The molecule has 0 fully saturated rings. The molecule has 0 amide bonds. The van der Waals surface area contributed by atoms with Crippen LogP contribution in [0, 0.1) is 4.77 Å². The number of hydrogen-bond acceptors (Lipinski definition) is 2. The second-order valence-corrected chi connectivity index (χ2v) is 3.28. The topological polar surface area (TPSA) is 33.6 Å². The van der Waals surface area contributed by atoms with E-state index in [1.165, 1.54) is 0 Å². The fourth-order valence-corrected chi connectivity index (χ4v) is 1.43. The molecule has 0 bridgehead atoms. The van der Waals surface area contributed by atoms with E-state index in [1.54, 1.807) is 4.57 Å². The normalized spacial score (nSPS) is 10.6. The van der Waals surface area contributed by atoms with Crippen molar-refractivity contribution < 1.29 is 4.39 Å². The van der Waals surface area contributed by atoms with Gasteiger partial charge in [0.15, 0.2) is 4.77 Å². The Morgan fingerprint density at radius 3 is 3.00 bits per heavy atom. The van der Waals surface area contributed by atoms with Crippen molar-refractivity contribution in [1.29, 1.82) is 0 Å². The highest BCUT2D eigenvalue weighted by Crippen LogP contribution is 2.03. The van der Waals surface area contributed by atoms with Gasteiger partial charge in [-0.25, -0.2) is 4.39 Å². The zero-order valence-corrected chi connectivity index (χ0v) is 8.53. The summed E-state index contributed by atoms with van der Waals surface area (Å²) in [6.07, 6.45) is 3.03. The van der Waals surface area contributed by atoms with Crippen LogP contribution >= 0.6 is 12.2 Å². The number of rotatable bonds is 5. The zero-order valence-electron chi connectivity index (χ0n) is 7.72. The lowest BCUT2D eigenvalue weighted by Gasteiger charge is -2.02. The minimum Gasteiger partial charge on any atom is -0.302 e. The maximum atomic E-state index is 12.1. The van der Waals surface area contributed by atoms with Gasteiger partial charge >= 0.3 is 0 Å². The molecule has 3 nitrogen and oxygen atoms in total. The number of aryl methyl sites for hydroxylation is 1. The lowest BCUT2D eigenvalue weighted by molar-refractivity contribution is 0.436. The Bertz CT molecular complexity index is 305. The number of aromatic nitrogens is 3. The molecule has 13 heavy (non-hydrogen) atoms. The van der Waals surface area contributed by atoms with E-state index >= 15 is 0 Å². The molecule has 0 spiro atoms. The van der Waals surface area contributed by atoms with Crippen LogP contribution in [0.25, 0.3) is 0 Å². The van der Waals surface area contributed by atoms with Gasteiger partial charge in [0.1, 0.15) is 12.5 Å². The Hall–Kier alpha value is -0.710. The Kier molecular flexibility index (Phi) is 4.08. The minimum atomic E-state index is -0.396. The third-order valence-corrected chi connectivity index (χ3v) is 2.21. The summed E-state index contributed by atoms with van der Waals surface area (Å²) >= 11 is 4.97. The number of alkyl halides is 1. The number of nitrogens with zero attached hydrogens (tertiary/aromatic N) is 2. The molecule has 1 N–H and O–H groups in total. The van der Waals surface area contributed by atoms with Gasteiger partial charge in [-0.3, -0.25) is 5.10 Å². The Balaban J connectivity index is 2.74. The molecule has 0 radical (unpaired) electrons. The predicted molar refractivity (Wildman–Crippen MR) is 52.0 cm³/mol. The summed E-state index contributed by atoms with van der Waals surface area (Å²) in [7, 11) is 0. The molecular weight excluding hydrogens is 189 g/mol. The molecule has 0 unspecified atom stereocenters. The molecule has 5 heteroatoms.